The molecule has 0 saturated carbocycles. The molecule has 0 spiro atoms. The third kappa shape index (κ3) is 16.0. The Morgan fingerprint density at radius 3 is 1.53 bits per heavy atom. The number of nitrogens with two attached hydrogens (primary N) is 3. The van der Waals surface area contributed by atoms with E-state index >= 15 is 0 Å². The molecule has 0 bridgehead atoms. The number of hydrogen-bond donors (Lipinski definition) is 5. The van der Waals surface area contributed by atoms with Gasteiger partial charge in [-0.15, -0.1) is 0 Å². The van der Waals surface area contributed by atoms with E-state index in [1.165, 1.54) is 4.90 Å². The second-order valence-corrected chi connectivity index (χ2v) is 13.6. The van der Waals surface area contributed by atoms with Crippen molar-refractivity contribution >= 4 is 24.2 Å². The van der Waals surface area contributed by atoms with E-state index in [1.807, 2.05) is 91.0 Å². The fourth-order valence-corrected chi connectivity index (χ4v) is 5.90. The van der Waals surface area contributed by atoms with Crippen LogP contribution in [0.2, 0.25) is 0 Å². The third-order valence-corrected chi connectivity index (χ3v) is 8.95. The van der Waals surface area contributed by atoms with Crippen molar-refractivity contribution < 1.29 is 33.4 Å². The van der Waals surface area contributed by atoms with Crippen LogP contribution in [-0.4, -0.2) is 116 Å². The molecule has 15 nitrogen and oxygen atoms in total. The topological polar surface area (TPSA) is 208 Å². The first-order valence-electron chi connectivity index (χ1n) is 18.8. The monoisotopic (exact) mass is 760 g/mol. The van der Waals surface area contributed by atoms with Crippen LogP contribution in [-0.2, 0) is 38.8 Å². The molecule has 55 heavy (non-hydrogen) atoms. The minimum Gasteiger partial charge on any atom is -0.445 e. The number of nitrogens with zero attached hydrogens (tertiary/aromatic N) is 3. The summed E-state index contributed by atoms with van der Waals surface area (Å²) in [6.45, 7) is 5.87. The Balaban J connectivity index is 0.000000184. The van der Waals surface area contributed by atoms with Crippen molar-refractivity contribution in [3.63, 3.8) is 0 Å². The van der Waals surface area contributed by atoms with E-state index < -0.39 is 12.1 Å². The molecule has 3 aliphatic rings. The van der Waals surface area contributed by atoms with Gasteiger partial charge in [0.15, 0.2) is 0 Å². The molecule has 3 fully saturated rings. The average Bonchev–Trinajstić information content (AvgIpc) is 3.65. The molecule has 8 N–H and O–H groups in total. The normalized spacial score (nSPS) is 20.0. The summed E-state index contributed by atoms with van der Waals surface area (Å²) in [5.41, 5.74) is 20.3. The van der Waals surface area contributed by atoms with E-state index in [0.717, 1.165) is 55.6 Å². The number of benzene rings is 3. The Labute approximate surface area is 323 Å². The molecule has 15 heteroatoms. The van der Waals surface area contributed by atoms with Gasteiger partial charge in [0.25, 0.3) is 0 Å². The minimum absolute atomic E-state index is 0.0308. The zero-order valence-corrected chi connectivity index (χ0v) is 31.4. The molecule has 3 atom stereocenters. The van der Waals surface area contributed by atoms with E-state index in [4.69, 9.17) is 31.4 Å². The largest absolute Gasteiger partial charge is 0.445 e. The summed E-state index contributed by atoms with van der Waals surface area (Å²) in [6, 6.07) is 28.1. The summed E-state index contributed by atoms with van der Waals surface area (Å²) in [4.78, 5) is 51.9. The van der Waals surface area contributed by atoms with Crippen molar-refractivity contribution in [1.29, 1.82) is 0 Å². The van der Waals surface area contributed by atoms with Crippen LogP contribution in [0.3, 0.4) is 0 Å². The Morgan fingerprint density at radius 1 is 0.582 bits per heavy atom. The van der Waals surface area contributed by atoms with E-state index in [-0.39, 0.29) is 43.3 Å². The highest BCUT2D eigenvalue weighted by Gasteiger charge is 2.26. The Morgan fingerprint density at radius 2 is 1.02 bits per heavy atom. The summed E-state index contributed by atoms with van der Waals surface area (Å²) in [5, 5.41) is 5.82. The predicted octanol–water partition coefficient (Wildman–Crippen LogP) is 2.77. The van der Waals surface area contributed by atoms with Crippen molar-refractivity contribution in [3.05, 3.63) is 108 Å². The van der Waals surface area contributed by atoms with Crippen LogP contribution in [0.15, 0.2) is 91.0 Å². The second kappa shape index (κ2) is 23.5. The predicted molar refractivity (Wildman–Crippen MR) is 208 cm³/mol. The lowest BCUT2D eigenvalue weighted by atomic mass is 10.2. The molecule has 3 aromatic rings. The maximum Gasteiger partial charge on any atom is 0.410 e. The molecule has 3 aromatic carbocycles. The van der Waals surface area contributed by atoms with Gasteiger partial charge in [0.05, 0.1) is 0 Å². The SMILES string of the molecule is NC1CCCCN(C(=O)OCc2ccccc2)C1.NC1CN(C(=O)OCc2ccccc2)CCNC1=O.NC1CNCCN(C(=O)OCc2ccccc2)C1. The van der Waals surface area contributed by atoms with Gasteiger partial charge in [-0.1, -0.05) is 97.4 Å². The molecule has 3 heterocycles. The van der Waals surface area contributed by atoms with Crippen LogP contribution in [0.25, 0.3) is 0 Å². The number of ether oxygens (including phenoxy) is 3. The fraction of sp³-hybridized carbons (Fsp3) is 0.450. The molecule has 3 aliphatic heterocycles. The van der Waals surface area contributed by atoms with Crippen LogP contribution >= 0.6 is 0 Å². The number of nitrogens with one attached hydrogen (secondary N) is 2. The van der Waals surface area contributed by atoms with E-state index in [9.17, 15) is 19.2 Å². The van der Waals surface area contributed by atoms with Gasteiger partial charge in [0.1, 0.15) is 25.9 Å². The van der Waals surface area contributed by atoms with Crippen molar-refractivity contribution in [2.24, 2.45) is 17.2 Å². The number of carbonyl (C=O) groups is 4. The van der Waals surface area contributed by atoms with Crippen LogP contribution in [0.1, 0.15) is 36.0 Å². The van der Waals surface area contributed by atoms with E-state index in [0.29, 0.717) is 45.9 Å². The molecule has 0 aliphatic carbocycles. The average molecular weight is 761 g/mol. The Hall–Kier alpha value is -5.22. The maximum absolute atomic E-state index is 11.9. The van der Waals surface area contributed by atoms with Gasteiger partial charge < -0.3 is 56.7 Å². The molecule has 3 saturated heterocycles. The van der Waals surface area contributed by atoms with Gasteiger partial charge in [0, 0.05) is 71.0 Å². The lowest BCUT2D eigenvalue weighted by molar-refractivity contribution is -0.121. The lowest BCUT2D eigenvalue weighted by Crippen LogP contribution is -2.45. The zero-order valence-electron chi connectivity index (χ0n) is 31.4. The van der Waals surface area contributed by atoms with Crippen molar-refractivity contribution in [2.45, 2.75) is 57.2 Å². The maximum atomic E-state index is 11.9. The molecular formula is C40H56N8O7. The first-order valence-corrected chi connectivity index (χ1v) is 18.8. The first-order chi connectivity index (χ1) is 26.7. The molecule has 0 aromatic heterocycles. The lowest BCUT2D eigenvalue weighted by Gasteiger charge is -2.21. The highest BCUT2D eigenvalue weighted by Crippen LogP contribution is 2.12. The molecule has 3 unspecified atom stereocenters. The number of amides is 4. The van der Waals surface area contributed by atoms with Crippen molar-refractivity contribution in [3.8, 4) is 0 Å². The Kier molecular flexibility index (Phi) is 18.2. The van der Waals surface area contributed by atoms with E-state index in [1.54, 1.807) is 9.80 Å². The van der Waals surface area contributed by atoms with Gasteiger partial charge >= 0.3 is 18.3 Å². The fourth-order valence-electron chi connectivity index (χ4n) is 5.90. The number of likely N-dealkylation sites (tertiary alicyclic amines) is 1. The molecule has 6 rings (SSSR count). The quantitative estimate of drug-likeness (QED) is 0.231. The highest BCUT2D eigenvalue weighted by molar-refractivity contribution is 5.83. The van der Waals surface area contributed by atoms with Gasteiger partial charge in [0.2, 0.25) is 5.91 Å². The van der Waals surface area contributed by atoms with Gasteiger partial charge in [-0.05, 0) is 29.5 Å². The van der Waals surface area contributed by atoms with Gasteiger partial charge in [-0.3, -0.25) is 4.79 Å². The molecular weight excluding hydrogens is 704 g/mol. The summed E-state index contributed by atoms with van der Waals surface area (Å²) in [6.07, 6.45) is 2.09. The first kappa shape index (κ1) is 42.5. The van der Waals surface area contributed by atoms with E-state index in [2.05, 4.69) is 10.6 Å². The van der Waals surface area contributed by atoms with Crippen molar-refractivity contribution in [1.82, 2.24) is 25.3 Å². The van der Waals surface area contributed by atoms with Gasteiger partial charge in [-0.2, -0.15) is 0 Å². The smallest absolute Gasteiger partial charge is 0.410 e. The van der Waals surface area contributed by atoms with Crippen LogP contribution < -0.4 is 27.8 Å². The molecule has 0 radical (unpaired) electrons. The Bertz CT molecular complexity index is 1510. The zero-order chi connectivity index (χ0) is 39.3. The summed E-state index contributed by atoms with van der Waals surface area (Å²) < 4.78 is 15.8. The number of carbonyl (C=O) groups excluding carboxylic acids is 4. The van der Waals surface area contributed by atoms with Gasteiger partial charge in [-0.25, -0.2) is 14.4 Å². The standard InChI is InChI=1S/C14H20N2O2.C13H17N3O3.C13H19N3O2/c15-13-8-4-5-9-16(10-13)14(17)18-11-12-6-2-1-3-7-12;14-11-8-16(7-6-15-12(11)17)13(18)19-9-10-4-2-1-3-5-10;14-12-8-15-6-7-16(9-12)13(17)18-10-11-4-2-1-3-5-11/h1-3,6-7,13H,4-5,8-11,15H2;1-5,11H,6-9,14H2,(H,15,17);1-5,12,15H,6-10,14H2. The third-order valence-electron chi connectivity index (χ3n) is 8.95. The summed E-state index contributed by atoms with van der Waals surface area (Å²) in [7, 11) is 0. The molecule has 4 amide bonds. The minimum atomic E-state index is -0.702. The van der Waals surface area contributed by atoms with Crippen LogP contribution in [0.4, 0.5) is 14.4 Å². The number of hydrogen-bond acceptors (Lipinski definition) is 11. The summed E-state index contributed by atoms with van der Waals surface area (Å²) in [5.74, 6) is -0.238. The summed E-state index contributed by atoms with van der Waals surface area (Å²) >= 11 is 0. The second-order valence-electron chi connectivity index (χ2n) is 13.6. The number of rotatable bonds is 6. The molecule has 298 valence electrons. The van der Waals surface area contributed by atoms with Crippen molar-refractivity contribution in [2.75, 3.05) is 58.9 Å². The highest BCUT2D eigenvalue weighted by atomic mass is 16.6. The van der Waals surface area contributed by atoms with Crippen LogP contribution in [0, 0.1) is 0 Å². The van der Waals surface area contributed by atoms with Crippen LogP contribution in [0.5, 0.6) is 0 Å².